The maximum Gasteiger partial charge on any atom is 0.143 e. The Morgan fingerprint density at radius 2 is 2.07 bits per heavy atom. The molecule has 0 aliphatic rings. The zero-order chi connectivity index (χ0) is 10.4. The summed E-state index contributed by atoms with van der Waals surface area (Å²) in [6.07, 6.45) is 1.93. The monoisotopic (exact) mass is 261 g/mol. The third-order valence-electron chi connectivity index (χ3n) is 2.07. The lowest BCUT2D eigenvalue weighted by Crippen LogP contribution is -2.03. The van der Waals surface area contributed by atoms with Gasteiger partial charge in [-0.1, -0.05) is 15.9 Å². The van der Waals surface area contributed by atoms with Crippen LogP contribution in [0.5, 0.6) is 0 Å². The highest BCUT2D eigenvalue weighted by Gasteiger charge is 2.06. The third kappa shape index (κ3) is 3.06. The van der Waals surface area contributed by atoms with Crippen LogP contribution in [0.4, 0.5) is 0 Å². The average Bonchev–Trinajstić information content (AvgIpc) is 2.55. The fraction of sp³-hybridized carbons (Fsp3) is 0.778. The van der Waals surface area contributed by atoms with Gasteiger partial charge in [0.15, 0.2) is 0 Å². The van der Waals surface area contributed by atoms with Gasteiger partial charge in [0, 0.05) is 26.7 Å². The highest BCUT2D eigenvalue weighted by molar-refractivity contribution is 9.08. The van der Waals surface area contributed by atoms with Crippen LogP contribution in [0.1, 0.15) is 25.0 Å². The van der Waals surface area contributed by atoms with E-state index in [9.17, 15) is 0 Å². The molecule has 0 saturated carbocycles. The van der Waals surface area contributed by atoms with E-state index in [2.05, 4.69) is 26.1 Å². The molecule has 0 bridgehead atoms. The number of nitrogens with zero attached hydrogens (tertiary/aromatic N) is 3. The lowest BCUT2D eigenvalue weighted by Gasteiger charge is -2.02. The summed E-state index contributed by atoms with van der Waals surface area (Å²) in [7, 11) is 1.99. The van der Waals surface area contributed by atoms with Crippen LogP contribution in [0.3, 0.4) is 0 Å². The second-order valence-electron chi connectivity index (χ2n) is 3.03. The number of aryl methyl sites for hydroxylation is 1. The van der Waals surface area contributed by atoms with E-state index in [1.807, 2.05) is 18.5 Å². The first kappa shape index (κ1) is 11.7. The molecular formula is C9H16BrN3O. The third-order valence-corrected chi connectivity index (χ3v) is 2.57. The molecule has 0 saturated heterocycles. The normalized spacial score (nSPS) is 10.8. The predicted molar refractivity (Wildman–Crippen MR) is 58.4 cm³/mol. The number of hydrogen-bond donors (Lipinski definition) is 0. The minimum absolute atomic E-state index is 0.752. The Kier molecular flexibility index (Phi) is 5.11. The fourth-order valence-corrected chi connectivity index (χ4v) is 1.70. The van der Waals surface area contributed by atoms with Crippen LogP contribution >= 0.6 is 15.9 Å². The quantitative estimate of drug-likeness (QED) is 0.578. The molecule has 0 aliphatic carbocycles. The molecule has 14 heavy (non-hydrogen) atoms. The van der Waals surface area contributed by atoms with Crippen molar-refractivity contribution in [3.63, 3.8) is 0 Å². The highest BCUT2D eigenvalue weighted by atomic mass is 79.9. The van der Waals surface area contributed by atoms with E-state index in [0.29, 0.717) is 0 Å². The van der Waals surface area contributed by atoms with Gasteiger partial charge in [-0.3, -0.25) is 0 Å². The number of hydrogen-bond acceptors (Lipinski definition) is 3. The van der Waals surface area contributed by atoms with Crippen molar-refractivity contribution in [2.24, 2.45) is 7.05 Å². The Labute approximate surface area is 92.8 Å². The lowest BCUT2D eigenvalue weighted by molar-refractivity contribution is 0.144. The Balaban J connectivity index is 2.39. The number of alkyl halides is 1. The molecule has 1 rings (SSSR count). The van der Waals surface area contributed by atoms with Crippen LogP contribution in [0.25, 0.3) is 0 Å². The van der Waals surface area contributed by atoms with Crippen molar-refractivity contribution in [1.29, 1.82) is 0 Å². The van der Waals surface area contributed by atoms with E-state index < -0.39 is 0 Å². The summed E-state index contributed by atoms with van der Waals surface area (Å²) in [6.45, 7) is 3.59. The standard InChI is InChI=1S/C9H16BrN3O/c1-3-14-6-4-5-8-11-12-9(7-10)13(8)2/h3-7H2,1-2H3. The van der Waals surface area contributed by atoms with Crippen LogP contribution in [-0.4, -0.2) is 28.0 Å². The molecule has 5 heteroatoms. The van der Waals surface area contributed by atoms with Crippen molar-refractivity contribution in [1.82, 2.24) is 14.8 Å². The van der Waals surface area contributed by atoms with Gasteiger partial charge in [-0.15, -0.1) is 10.2 Å². The molecule has 1 aromatic heterocycles. The van der Waals surface area contributed by atoms with E-state index in [4.69, 9.17) is 4.74 Å². The zero-order valence-electron chi connectivity index (χ0n) is 8.66. The summed E-state index contributed by atoms with van der Waals surface area (Å²) in [5, 5.41) is 8.92. The SMILES string of the molecule is CCOCCCc1nnc(CBr)n1C. The summed E-state index contributed by atoms with van der Waals surface area (Å²) < 4.78 is 7.29. The Morgan fingerprint density at radius 3 is 2.64 bits per heavy atom. The molecular weight excluding hydrogens is 246 g/mol. The van der Waals surface area contributed by atoms with Crippen molar-refractivity contribution in [3.05, 3.63) is 11.6 Å². The van der Waals surface area contributed by atoms with Crippen molar-refractivity contribution >= 4 is 15.9 Å². The second kappa shape index (κ2) is 6.14. The van der Waals surface area contributed by atoms with Crippen LogP contribution in [0.2, 0.25) is 0 Å². The number of aromatic nitrogens is 3. The van der Waals surface area contributed by atoms with Crippen molar-refractivity contribution in [3.8, 4) is 0 Å². The first-order chi connectivity index (χ1) is 6.79. The molecule has 0 aromatic carbocycles. The van der Waals surface area contributed by atoms with E-state index in [0.717, 1.165) is 43.0 Å². The molecule has 4 nitrogen and oxygen atoms in total. The van der Waals surface area contributed by atoms with Crippen molar-refractivity contribution in [2.45, 2.75) is 25.1 Å². The predicted octanol–water partition coefficient (Wildman–Crippen LogP) is 1.68. The van der Waals surface area contributed by atoms with Crippen molar-refractivity contribution < 1.29 is 4.74 Å². The van der Waals surface area contributed by atoms with E-state index in [1.165, 1.54) is 0 Å². The molecule has 0 atom stereocenters. The van der Waals surface area contributed by atoms with E-state index in [-0.39, 0.29) is 0 Å². The molecule has 1 heterocycles. The van der Waals surface area contributed by atoms with Gasteiger partial charge in [-0.25, -0.2) is 0 Å². The molecule has 0 aliphatic heterocycles. The minimum atomic E-state index is 0.752. The lowest BCUT2D eigenvalue weighted by atomic mass is 10.3. The highest BCUT2D eigenvalue weighted by Crippen LogP contribution is 2.05. The molecule has 0 amide bonds. The Morgan fingerprint density at radius 1 is 1.36 bits per heavy atom. The summed E-state index contributed by atoms with van der Waals surface area (Å²) >= 11 is 3.37. The van der Waals surface area contributed by atoms with Gasteiger partial charge >= 0.3 is 0 Å². The van der Waals surface area contributed by atoms with Gasteiger partial charge in [0.25, 0.3) is 0 Å². The second-order valence-corrected chi connectivity index (χ2v) is 3.59. The van der Waals surface area contributed by atoms with Crippen LogP contribution in [0.15, 0.2) is 0 Å². The smallest absolute Gasteiger partial charge is 0.143 e. The van der Waals surface area contributed by atoms with Gasteiger partial charge in [0.2, 0.25) is 0 Å². The maximum absolute atomic E-state index is 5.26. The molecule has 0 spiro atoms. The number of rotatable bonds is 6. The van der Waals surface area contributed by atoms with Crippen LogP contribution in [0, 0.1) is 0 Å². The first-order valence-corrected chi connectivity index (χ1v) is 5.92. The average molecular weight is 262 g/mol. The molecule has 1 aromatic rings. The van der Waals surface area contributed by atoms with Gasteiger partial charge in [0.05, 0.1) is 5.33 Å². The molecule has 0 N–H and O–H groups in total. The topological polar surface area (TPSA) is 39.9 Å². The van der Waals surface area contributed by atoms with Crippen molar-refractivity contribution in [2.75, 3.05) is 13.2 Å². The first-order valence-electron chi connectivity index (χ1n) is 4.80. The van der Waals surface area contributed by atoms with E-state index in [1.54, 1.807) is 0 Å². The molecule has 0 fully saturated rings. The molecule has 80 valence electrons. The van der Waals surface area contributed by atoms with Gasteiger partial charge in [0.1, 0.15) is 11.6 Å². The van der Waals surface area contributed by atoms with Crippen LogP contribution < -0.4 is 0 Å². The van der Waals surface area contributed by atoms with Gasteiger partial charge in [-0.05, 0) is 13.3 Å². The number of ether oxygens (including phenoxy) is 1. The fourth-order valence-electron chi connectivity index (χ4n) is 1.21. The summed E-state index contributed by atoms with van der Waals surface area (Å²) in [6, 6.07) is 0. The van der Waals surface area contributed by atoms with Gasteiger partial charge in [-0.2, -0.15) is 0 Å². The van der Waals surface area contributed by atoms with Crippen LogP contribution in [-0.2, 0) is 23.5 Å². The Hall–Kier alpha value is -0.420. The summed E-state index contributed by atoms with van der Waals surface area (Å²) in [5.74, 6) is 2.00. The summed E-state index contributed by atoms with van der Waals surface area (Å²) in [5.41, 5.74) is 0. The number of halogens is 1. The molecule has 0 unspecified atom stereocenters. The largest absolute Gasteiger partial charge is 0.382 e. The zero-order valence-corrected chi connectivity index (χ0v) is 10.2. The van der Waals surface area contributed by atoms with Gasteiger partial charge < -0.3 is 9.30 Å². The van der Waals surface area contributed by atoms with E-state index >= 15 is 0 Å². The molecule has 0 radical (unpaired) electrons. The summed E-state index contributed by atoms with van der Waals surface area (Å²) in [4.78, 5) is 0. The minimum Gasteiger partial charge on any atom is -0.382 e. The Bertz CT molecular complexity index is 275. The maximum atomic E-state index is 5.26.